The lowest BCUT2D eigenvalue weighted by Gasteiger charge is -2.13. The van der Waals surface area contributed by atoms with E-state index in [-0.39, 0.29) is 62.6 Å². The Morgan fingerprint density at radius 2 is 1.10 bits per heavy atom. The van der Waals surface area contributed by atoms with Crippen molar-refractivity contribution in [3.05, 3.63) is 0 Å². The van der Waals surface area contributed by atoms with Crippen molar-refractivity contribution in [1.29, 1.82) is 0 Å². The zero-order valence-electron chi connectivity index (χ0n) is 24.1. The molecule has 1 saturated heterocycles. The summed E-state index contributed by atoms with van der Waals surface area (Å²) in [6.45, 7) is 5.33. The van der Waals surface area contributed by atoms with E-state index in [1.165, 1.54) is 6.42 Å². The van der Waals surface area contributed by atoms with Crippen LogP contribution in [-0.4, -0.2) is 113 Å². The fourth-order valence-electron chi connectivity index (χ4n) is 3.97. The van der Waals surface area contributed by atoms with Crippen molar-refractivity contribution >= 4 is 23.6 Å². The highest BCUT2D eigenvalue weighted by Crippen LogP contribution is 2.11. The number of aliphatic hydroxyl groups excluding tert-OH is 1. The van der Waals surface area contributed by atoms with Crippen molar-refractivity contribution in [2.24, 2.45) is 0 Å². The first-order valence-electron chi connectivity index (χ1n) is 14.8. The molecular formula is C28H51N3O9. The minimum absolute atomic E-state index is 0.0106. The van der Waals surface area contributed by atoms with Crippen LogP contribution in [0.15, 0.2) is 0 Å². The lowest BCUT2D eigenvalue weighted by Crippen LogP contribution is -2.39. The van der Waals surface area contributed by atoms with Gasteiger partial charge in [-0.3, -0.25) is 24.1 Å². The number of hydrogen-bond acceptors (Lipinski definition) is 9. The molecule has 0 radical (unpaired) electrons. The molecular weight excluding hydrogens is 522 g/mol. The third-order valence-electron chi connectivity index (χ3n) is 6.24. The predicted octanol–water partition coefficient (Wildman–Crippen LogP) is 1.33. The molecule has 232 valence electrons. The number of hydrogen-bond donors (Lipinski definition) is 3. The van der Waals surface area contributed by atoms with Gasteiger partial charge in [-0.1, -0.05) is 25.7 Å². The number of nitrogens with one attached hydrogen (secondary N) is 2. The summed E-state index contributed by atoms with van der Waals surface area (Å²) in [7, 11) is 0. The number of carbonyl (C=O) groups is 4. The number of imide groups is 1. The molecule has 12 nitrogen and oxygen atoms in total. The quantitative estimate of drug-likeness (QED) is 0.0929. The number of carbonyl (C=O) groups excluding carboxylic acids is 4. The van der Waals surface area contributed by atoms with E-state index in [0.29, 0.717) is 46.2 Å². The van der Waals surface area contributed by atoms with Crippen LogP contribution in [0.5, 0.6) is 0 Å². The second kappa shape index (κ2) is 25.8. The van der Waals surface area contributed by atoms with Crippen LogP contribution < -0.4 is 10.6 Å². The summed E-state index contributed by atoms with van der Waals surface area (Å²) in [5.74, 6) is -1.20. The monoisotopic (exact) mass is 573 g/mol. The van der Waals surface area contributed by atoms with Gasteiger partial charge in [0.05, 0.1) is 39.6 Å². The Bertz CT molecular complexity index is 678. The zero-order valence-corrected chi connectivity index (χ0v) is 24.1. The van der Waals surface area contributed by atoms with Crippen LogP contribution in [0.3, 0.4) is 0 Å². The van der Waals surface area contributed by atoms with Crippen molar-refractivity contribution < 1.29 is 43.2 Å². The Hall–Kier alpha value is -2.12. The summed E-state index contributed by atoms with van der Waals surface area (Å²) in [5.41, 5.74) is 0. The maximum Gasteiger partial charge on any atom is 0.239 e. The molecule has 0 atom stereocenters. The van der Waals surface area contributed by atoms with E-state index in [9.17, 15) is 19.2 Å². The smallest absolute Gasteiger partial charge is 0.239 e. The molecule has 0 aromatic carbocycles. The van der Waals surface area contributed by atoms with Crippen molar-refractivity contribution in [3.63, 3.8) is 0 Å². The summed E-state index contributed by atoms with van der Waals surface area (Å²) in [4.78, 5) is 47.7. The highest BCUT2D eigenvalue weighted by atomic mass is 16.5. The maximum atomic E-state index is 11.8. The molecule has 12 heteroatoms. The van der Waals surface area contributed by atoms with Crippen LogP contribution in [0.1, 0.15) is 77.0 Å². The Morgan fingerprint density at radius 3 is 1.65 bits per heavy atom. The predicted molar refractivity (Wildman–Crippen MR) is 149 cm³/mol. The third kappa shape index (κ3) is 20.7. The standard InChI is InChI=1S/C28H51N3O9/c32-15-21-38-17-8-5-9-19-40-23-22-39-18-7-4-2-1-3-6-16-37-20-13-29-26(34)24-30-25(33)12-14-31-27(35)10-11-28(31)36/h32H,1-24H2,(H,29,34)(H,30,33). The second-order valence-electron chi connectivity index (χ2n) is 9.67. The number of nitrogens with zero attached hydrogens (tertiary/aromatic N) is 1. The minimum atomic E-state index is -0.378. The molecule has 1 aliphatic heterocycles. The van der Waals surface area contributed by atoms with Gasteiger partial charge >= 0.3 is 0 Å². The van der Waals surface area contributed by atoms with E-state index in [1.807, 2.05) is 0 Å². The topological polar surface area (TPSA) is 153 Å². The van der Waals surface area contributed by atoms with Crippen molar-refractivity contribution in [2.45, 2.75) is 77.0 Å². The van der Waals surface area contributed by atoms with E-state index in [2.05, 4.69) is 10.6 Å². The van der Waals surface area contributed by atoms with Crippen LogP contribution in [0.4, 0.5) is 0 Å². The first-order valence-corrected chi connectivity index (χ1v) is 14.8. The summed E-state index contributed by atoms with van der Waals surface area (Å²) in [6, 6.07) is 0. The summed E-state index contributed by atoms with van der Waals surface area (Å²) >= 11 is 0. The summed E-state index contributed by atoms with van der Waals surface area (Å²) < 4.78 is 21.9. The number of amides is 4. The molecule has 1 fully saturated rings. The third-order valence-corrected chi connectivity index (χ3v) is 6.24. The maximum absolute atomic E-state index is 11.8. The van der Waals surface area contributed by atoms with Gasteiger partial charge in [0.25, 0.3) is 0 Å². The van der Waals surface area contributed by atoms with Gasteiger partial charge < -0.3 is 34.7 Å². The Kier molecular flexibility index (Phi) is 23.2. The van der Waals surface area contributed by atoms with E-state index in [0.717, 1.165) is 69.5 Å². The Balaban J connectivity index is 1.74. The lowest BCUT2D eigenvalue weighted by molar-refractivity contribution is -0.138. The number of aliphatic hydroxyl groups is 1. The molecule has 0 saturated carbocycles. The van der Waals surface area contributed by atoms with Crippen LogP contribution in [-0.2, 0) is 38.1 Å². The van der Waals surface area contributed by atoms with Gasteiger partial charge in [0.2, 0.25) is 23.6 Å². The molecule has 1 aliphatic rings. The molecule has 40 heavy (non-hydrogen) atoms. The van der Waals surface area contributed by atoms with Gasteiger partial charge in [0, 0.05) is 58.8 Å². The highest BCUT2D eigenvalue weighted by Gasteiger charge is 2.28. The molecule has 1 heterocycles. The van der Waals surface area contributed by atoms with Gasteiger partial charge in [0.15, 0.2) is 0 Å². The number of ether oxygens (including phenoxy) is 4. The van der Waals surface area contributed by atoms with Gasteiger partial charge in [-0.05, 0) is 32.1 Å². The largest absolute Gasteiger partial charge is 0.394 e. The van der Waals surface area contributed by atoms with E-state index >= 15 is 0 Å². The fraction of sp³-hybridized carbons (Fsp3) is 0.857. The average Bonchev–Trinajstić information content (AvgIpc) is 3.27. The molecule has 0 unspecified atom stereocenters. The first-order chi connectivity index (χ1) is 19.5. The molecule has 0 bridgehead atoms. The highest BCUT2D eigenvalue weighted by molar-refractivity contribution is 6.02. The second-order valence-corrected chi connectivity index (χ2v) is 9.67. The Labute approximate surface area is 238 Å². The van der Waals surface area contributed by atoms with Crippen molar-refractivity contribution in [3.8, 4) is 0 Å². The fourth-order valence-corrected chi connectivity index (χ4v) is 3.97. The summed E-state index contributed by atoms with van der Waals surface area (Å²) in [6.07, 6.45) is 10.1. The average molecular weight is 574 g/mol. The van der Waals surface area contributed by atoms with Gasteiger partial charge in [0.1, 0.15) is 0 Å². The number of rotatable bonds is 28. The van der Waals surface area contributed by atoms with Gasteiger partial charge in [-0.25, -0.2) is 0 Å². The van der Waals surface area contributed by atoms with Crippen LogP contribution in [0.25, 0.3) is 0 Å². The van der Waals surface area contributed by atoms with E-state index in [4.69, 9.17) is 24.1 Å². The SMILES string of the molecule is O=C(CCN1C(=O)CCC1=O)NCC(=O)NCCOCCCCCCCCOCCOCCCCCOCCO. The normalized spacial score (nSPS) is 13.3. The van der Waals surface area contributed by atoms with Crippen LogP contribution >= 0.6 is 0 Å². The van der Waals surface area contributed by atoms with E-state index in [1.54, 1.807) is 0 Å². The van der Waals surface area contributed by atoms with Gasteiger partial charge in [-0.2, -0.15) is 0 Å². The lowest BCUT2D eigenvalue weighted by atomic mass is 10.1. The van der Waals surface area contributed by atoms with Crippen molar-refractivity contribution in [2.75, 3.05) is 79.1 Å². The van der Waals surface area contributed by atoms with Gasteiger partial charge in [-0.15, -0.1) is 0 Å². The number of unbranched alkanes of at least 4 members (excludes halogenated alkanes) is 7. The van der Waals surface area contributed by atoms with Crippen LogP contribution in [0, 0.1) is 0 Å². The molecule has 0 spiro atoms. The number of likely N-dealkylation sites (tertiary alicyclic amines) is 1. The molecule has 0 aromatic heterocycles. The first kappa shape index (κ1) is 35.9. The molecule has 3 N–H and O–H groups in total. The zero-order chi connectivity index (χ0) is 29.1. The van der Waals surface area contributed by atoms with E-state index < -0.39 is 0 Å². The minimum Gasteiger partial charge on any atom is -0.394 e. The summed E-state index contributed by atoms with van der Waals surface area (Å²) in [5, 5.41) is 13.8. The molecule has 4 amide bonds. The van der Waals surface area contributed by atoms with Crippen LogP contribution in [0.2, 0.25) is 0 Å². The molecule has 0 aromatic rings. The molecule has 0 aliphatic carbocycles. The van der Waals surface area contributed by atoms with Crippen molar-refractivity contribution in [1.82, 2.24) is 15.5 Å². The molecule has 1 rings (SSSR count). The Morgan fingerprint density at radius 1 is 0.625 bits per heavy atom.